The topological polar surface area (TPSA) is 59.0 Å². The molecule has 2 aromatic carbocycles. The van der Waals surface area contributed by atoms with Crippen molar-refractivity contribution in [2.24, 2.45) is 5.92 Å². The third kappa shape index (κ3) is 3.00. The number of aliphatic hydroxyl groups is 1. The van der Waals surface area contributed by atoms with E-state index in [4.69, 9.17) is 9.47 Å². The van der Waals surface area contributed by atoms with Crippen molar-refractivity contribution in [3.05, 3.63) is 64.2 Å². The summed E-state index contributed by atoms with van der Waals surface area (Å²) >= 11 is 0. The number of amides is 1. The molecular formula is C24H27NO4. The summed E-state index contributed by atoms with van der Waals surface area (Å²) in [7, 11) is 0. The smallest absolute Gasteiger partial charge is 0.292 e. The fourth-order valence-corrected chi connectivity index (χ4v) is 4.43. The first-order valence-electron chi connectivity index (χ1n) is 10.5. The van der Waals surface area contributed by atoms with Gasteiger partial charge in [-0.05, 0) is 73.4 Å². The SMILES string of the molecule is Cc1cccc(C(O)c2ccc3c(c2)C2(OCCCO2)C(=O)N3CC2CC2)c1C. The number of nitrogens with zero attached hydrogens (tertiary/aromatic N) is 1. The van der Waals surface area contributed by atoms with E-state index in [0.29, 0.717) is 25.7 Å². The number of hydrogen-bond donors (Lipinski definition) is 1. The maximum atomic E-state index is 13.4. The lowest BCUT2D eigenvalue weighted by atomic mass is 9.92. The molecule has 1 amide bonds. The van der Waals surface area contributed by atoms with Gasteiger partial charge in [-0.25, -0.2) is 0 Å². The average Bonchev–Trinajstić information content (AvgIpc) is 3.54. The largest absolute Gasteiger partial charge is 0.384 e. The Labute approximate surface area is 171 Å². The van der Waals surface area contributed by atoms with Crippen LogP contribution < -0.4 is 4.90 Å². The van der Waals surface area contributed by atoms with Crippen molar-refractivity contribution in [3.63, 3.8) is 0 Å². The Bertz CT molecular complexity index is 959. The Morgan fingerprint density at radius 2 is 1.93 bits per heavy atom. The first-order chi connectivity index (χ1) is 14.0. The number of fused-ring (bicyclic) bond motifs is 2. The van der Waals surface area contributed by atoms with Gasteiger partial charge >= 0.3 is 0 Å². The summed E-state index contributed by atoms with van der Waals surface area (Å²) < 4.78 is 12.0. The van der Waals surface area contributed by atoms with Gasteiger partial charge in [-0.15, -0.1) is 0 Å². The van der Waals surface area contributed by atoms with Crippen LogP contribution in [0.4, 0.5) is 5.69 Å². The van der Waals surface area contributed by atoms with Crippen LogP contribution >= 0.6 is 0 Å². The van der Waals surface area contributed by atoms with Crippen molar-refractivity contribution in [2.45, 2.75) is 45.0 Å². The van der Waals surface area contributed by atoms with E-state index in [2.05, 4.69) is 0 Å². The van der Waals surface area contributed by atoms with Crippen molar-refractivity contribution < 1.29 is 19.4 Å². The zero-order chi connectivity index (χ0) is 20.2. The molecule has 2 fully saturated rings. The monoisotopic (exact) mass is 393 g/mol. The molecule has 1 N–H and O–H groups in total. The van der Waals surface area contributed by atoms with E-state index in [-0.39, 0.29) is 5.91 Å². The molecule has 0 radical (unpaired) electrons. The molecule has 1 atom stereocenters. The van der Waals surface area contributed by atoms with Crippen molar-refractivity contribution in [2.75, 3.05) is 24.7 Å². The lowest BCUT2D eigenvalue weighted by Crippen LogP contribution is -2.47. The highest BCUT2D eigenvalue weighted by Gasteiger charge is 2.55. The summed E-state index contributed by atoms with van der Waals surface area (Å²) in [6.07, 6.45) is 2.33. The fourth-order valence-electron chi connectivity index (χ4n) is 4.43. The molecule has 5 nitrogen and oxygen atoms in total. The second kappa shape index (κ2) is 6.94. The normalized spacial score (nSPS) is 21.5. The Morgan fingerprint density at radius 3 is 2.66 bits per heavy atom. The Hall–Kier alpha value is -2.21. The number of carbonyl (C=O) groups is 1. The van der Waals surface area contributed by atoms with E-state index >= 15 is 0 Å². The van der Waals surface area contributed by atoms with Crippen LogP contribution in [0, 0.1) is 19.8 Å². The number of anilines is 1. The van der Waals surface area contributed by atoms with Crippen molar-refractivity contribution in [3.8, 4) is 0 Å². The van der Waals surface area contributed by atoms with Crippen LogP contribution in [0.3, 0.4) is 0 Å². The summed E-state index contributed by atoms with van der Waals surface area (Å²) in [5.74, 6) is -0.928. The van der Waals surface area contributed by atoms with Crippen molar-refractivity contribution >= 4 is 11.6 Å². The summed E-state index contributed by atoms with van der Waals surface area (Å²) in [5.41, 5.74) is 5.42. The zero-order valence-electron chi connectivity index (χ0n) is 17.0. The molecule has 2 aliphatic heterocycles. The molecule has 152 valence electrons. The third-order valence-corrected chi connectivity index (χ3v) is 6.49. The highest BCUT2D eigenvalue weighted by molar-refractivity contribution is 6.06. The molecule has 1 spiro atoms. The first kappa shape index (κ1) is 18.8. The lowest BCUT2D eigenvalue weighted by Gasteiger charge is -2.32. The molecule has 5 heteroatoms. The highest BCUT2D eigenvalue weighted by Crippen LogP contribution is 2.48. The Morgan fingerprint density at radius 1 is 1.17 bits per heavy atom. The minimum Gasteiger partial charge on any atom is -0.384 e. The van der Waals surface area contributed by atoms with Crippen LogP contribution in [-0.4, -0.2) is 30.8 Å². The number of aryl methyl sites for hydroxylation is 1. The molecule has 0 bridgehead atoms. The van der Waals surface area contributed by atoms with Gasteiger partial charge in [-0.3, -0.25) is 4.79 Å². The summed E-state index contributed by atoms with van der Waals surface area (Å²) in [6, 6.07) is 11.7. The molecule has 3 aliphatic rings. The zero-order valence-corrected chi connectivity index (χ0v) is 17.0. The second-order valence-corrected chi connectivity index (χ2v) is 8.49. The number of rotatable bonds is 4. The highest BCUT2D eigenvalue weighted by atomic mass is 16.7. The van der Waals surface area contributed by atoms with Gasteiger partial charge in [0.25, 0.3) is 11.7 Å². The fraction of sp³-hybridized carbons (Fsp3) is 0.458. The summed E-state index contributed by atoms with van der Waals surface area (Å²) in [4.78, 5) is 15.2. The van der Waals surface area contributed by atoms with Gasteiger partial charge in [0.05, 0.1) is 18.9 Å². The van der Waals surface area contributed by atoms with Crippen LogP contribution in [0.1, 0.15) is 53.2 Å². The van der Waals surface area contributed by atoms with Gasteiger partial charge in [-0.1, -0.05) is 24.3 Å². The molecule has 29 heavy (non-hydrogen) atoms. The number of hydrogen-bond acceptors (Lipinski definition) is 4. The number of carbonyl (C=O) groups excluding carboxylic acids is 1. The van der Waals surface area contributed by atoms with Crippen molar-refractivity contribution in [1.82, 2.24) is 0 Å². The Kier molecular flexibility index (Phi) is 4.50. The van der Waals surface area contributed by atoms with Gasteiger partial charge in [0.15, 0.2) is 0 Å². The van der Waals surface area contributed by atoms with E-state index in [1.54, 1.807) is 0 Å². The first-order valence-corrected chi connectivity index (χ1v) is 10.5. The molecule has 1 saturated carbocycles. The van der Waals surface area contributed by atoms with Crippen LogP contribution in [0.25, 0.3) is 0 Å². The van der Waals surface area contributed by atoms with Crippen LogP contribution in [0.15, 0.2) is 36.4 Å². The Balaban J connectivity index is 1.58. The second-order valence-electron chi connectivity index (χ2n) is 8.49. The number of benzene rings is 2. The van der Waals surface area contributed by atoms with E-state index < -0.39 is 11.9 Å². The molecule has 1 saturated heterocycles. The quantitative estimate of drug-likeness (QED) is 0.860. The molecular weight excluding hydrogens is 366 g/mol. The van der Waals surface area contributed by atoms with E-state index in [1.807, 2.05) is 55.1 Å². The lowest BCUT2D eigenvalue weighted by molar-refractivity contribution is -0.256. The summed E-state index contributed by atoms with van der Waals surface area (Å²) in [5, 5.41) is 11.1. The summed E-state index contributed by atoms with van der Waals surface area (Å²) in [6.45, 7) is 5.76. The number of ether oxygens (including phenoxy) is 2. The standard InChI is InChI=1S/C24H27NO4/c1-15-5-3-6-19(16(15)2)22(26)18-9-10-21-20(13-18)24(28-11-4-12-29-24)23(27)25(21)14-17-7-8-17/h3,5-6,9-10,13,17,22,26H,4,7-8,11-12,14H2,1-2H3. The average molecular weight is 393 g/mol. The third-order valence-electron chi connectivity index (χ3n) is 6.49. The number of aliphatic hydroxyl groups excluding tert-OH is 1. The molecule has 1 aliphatic carbocycles. The van der Waals surface area contributed by atoms with E-state index in [1.165, 1.54) is 0 Å². The van der Waals surface area contributed by atoms with Crippen LogP contribution in [0.2, 0.25) is 0 Å². The molecule has 1 unspecified atom stereocenters. The van der Waals surface area contributed by atoms with Gasteiger partial charge in [0.1, 0.15) is 6.10 Å². The maximum absolute atomic E-state index is 13.4. The molecule has 0 aromatic heterocycles. The molecule has 2 aromatic rings. The van der Waals surface area contributed by atoms with Gasteiger partial charge in [0, 0.05) is 12.1 Å². The molecule has 5 rings (SSSR count). The van der Waals surface area contributed by atoms with Crippen molar-refractivity contribution in [1.29, 1.82) is 0 Å². The van der Waals surface area contributed by atoms with E-state index in [0.717, 1.165) is 52.8 Å². The van der Waals surface area contributed by atoms with Gasteiger partial charge in [-0.2, -0.15) is 0 Å². The predicted octanol–water partition coefficient (Wildman–Crippen LogP) is 3.73. The van der Waals surface area contributed by atoms with Crippen LogP contribution in [0.5, 0.6) is 0 Å². The predicted molar refractivity (Wildman–Crippen MR) is 110 cm³/mol. The van der Waals surface area contributed by atoms with Gasteiger partial charge in [0.2, 0.25) is 0 Å². The van der Waals surface area contributed by atoms with Crippen LogP contribution in [-0.2, 0) is 20.1 Å². The van der Waals surface area contributed by atoms with E-state index in [9.17, 15) is 9.90 Å². The minimum atomic E-state index is -1.36. The maximum Gasteiger partial charge on any atom is 0.292 e. The van der Waals surface area contributed by atoms with Gasteiger partial charge < -0.3 is 19.5 Å². The minimum absolute atomic E-state index is 0.127. The molecule has 2 heterocycles.